The summed E-state index contributed by atoms with van der Waals surface area (Å²) in [4.78, 5) is 4.56. The van der Waals surface area contributed by atoms with Crippen LogP contribution < -0.4 is 0 Å². The van der Waals surface area contributed by atoms with Crippen molar-refractivity contribution < 1.29 is 0 Å². The van der Waals surface area contributed by atoms with E-state index in [2.05, 4.69) is 40.4 Å². The van der Waals surface area contributed by atoms with Gasteiger partial charge in [0.1, 0.15) is 5.82 Å². The van der Waals surface area contributed by atoms with Gasteiger partial charge in [0, 0.05) is 22.9 Å². The van der Waals surface area contributed by atoms with Gasteiger partial charge in [0.2, 0.25) is 0 Å². The van der Waals surface area contributed by atoms with Gasteiger partial charge in [-0.3, -0.25) is 4.57 Å². The van der Waals surface area contributed by atoms with Crippen LogP contribution in [0.3, 0.4) is 0 Å². The number of rotatable bonds is 3. The molecule has 0 aliphatic rings. The molecule has 20 heavy (non-hydrogen) atoms. The van der Waals surface area contributed by atoms with Crippen molar-refractivity contribution in [2.24, 2.45) is 4.99 Å². The molecule has 0 aliphatic heterocycles. The molecule has 98 valence electrons. The molecule has 0 aliphatic carbocycles. The summed E-state index contributed by atoms with van der Waals surface area (Å²) in [5, 5.41) is 1.17. The summed E-state index contributed by atoms with van der Waals surface area (Å²) in [6, 6.07) is 18.6. The molecule has 2 nitrogen and oxygen atoms in total. The van der Waals surface area contributed by atoms with Crippen molar-refractivity contribution in [2.45, 2.75) is 6.92 Å². The van der Waals surface area contributed by atoms with Gasteiger partial charge in [-0.2, -0.15) is 0 Å². The van der Waals surface area contributed by atoms with Gasteiger partial charge in [-0.05, 0) is 25.1 Å². The van der Waals surface area contributed by atoms with Crippen molar-refractivity contribution in [3.63, 3.8) is 0 Å². The molecule has 1 aromatic heterocycles. The van der Waals surface area contributed by atoms with Gasteiger partial charge in [-0.25, -0.2) is 4.99 Å². The van der Waals surface area contributed by atoms with E-state index in [0.717, 1.165) is 22.6 Å². The van der Waals surface area contributed by atoms with Crippen molar-refractivity contribution in [2.75, 3.05) is 0 Å². The van der Waals surface area contributed by atoms with Crippen LogP contribution in [0.15, 0.2) is 66.2 Å². The van der Waals surface area contributed by atoms with E-state index in [1.54, 1.807) is 0 Å². The minimum absolute atomic E-state index is 0.926. The SMILES string of the molecule is C=Cc1c(N=CC)n(-c2ccccc2)c2ccccc12. The Bertz CT molecular complexity index is 780. The fraction of sp³-hybridized carbons (Fsp3) is 0.0556. The molecule has 0 saturated carbocycles. The second kappa shape index (κ2) is 5.17. The fourth-order valence-corrected chi connectivity index (χ4v) is 2.54. The summed E-state index contributed by atoms with van der Waals surface area (Å²) < 4.78 is 2.17. The Morgan fingerprint density at radius 3 is 2.40 bits per heavy atom. The predicted octanol–water partition coefficient (Wildman–Crippen LogP) is 5.00. The molecule has 0 radical (unpaired) electrons. The lowest BCUT2D eigenvalue weighted by atomic mass is 10.1. The second-order valence-corrected chi connectivity index (χ2v) is 4.52. The summed E-state index contributed by atoms with van der Waals surface area (Å²) in [6.45, 7) is 5.87. The van der Waals surface area contributed by atoms with E-state index in [-0.39, 0.29) is 0 Å². The monoisotopic (exact) mass is 260 g/mol. The van der Waals surface area contributed by atoms with Crippen LogP contribution in [0.25, 0.3) is 22.7 Å². The van der Waals surface area contributed by atoms with Crippen molar-refractivity contribution in [1.29, 1.82) is 0 Å². The van der Waals surface area contributed by atoms with E-state index in [0.29, 0.717) is 0 Å². The van der Waals surface area contributed by atoms with Crippen LogP contribution in [0, 0.1) is 0 Å². The van der Waals surface area contributed by atoms with Gasteiger partial charge in [-0.15, -0.1) is 0 Å². The summed E-state index contributed by atoms with van der Waals surface area (Å²) in [5.74, 6) is 0.926. The molecule has 0 unspecified atom stereocenters. The zero-order valence-electron chi connectivity index (χ0n) is 11.5. The van der Waals surface area contributed by atoms with E-state index in [1.165, 1.54) is 5.39 Å². The third kappa shape index (κ3) is 1.86. The summed E-state index contributed by atoms with van der Waals surface area (Å²) >= 11 is 0. The Morgan fingerprint density at radius 1 is 1.00 bits per heavy atom. The molecule has 0 amide bonds. The minimum Gasteiger partial charge on any atom is -0.294 e. The molecular formula is C18H16N2. The highest BCUT2D eigenvalue weighted by Gasteiger charge is 2.14. The minimum atomic E-state index is 0.926. The first kappa shape index (κ1) is 12.4. The van der Waals surface area contributed by atoms with Crippen LogP contribution in [0.1, 0.15) is 12.5 Å². The number of aromatic nitrogens is 1. The fourth-order valence-electron chi connectivity index (χ4n) is 2.54. The Morgan fingerprint density at radius 2 is 1.70 bits per heavy atom. The Balaban J connectivity index is 2.46. The van der Waals surface area contributed by atoms with Crippen molar-refractivity contribution >= 4 is 29.0 Å². The maximum atomic E-state index is 4.56. The normalized spacial score (nSPS) is 11.2. The summed E-state index contributed by atoms with van der Waals surface area (Å²) in [5.41, 5.74) is 3.33. The maximum Gasteiger partial charge on any atom is 0.145 e. The molecule has 3 aromatic rings. The summed E-state index contributed by atoms with van der Waals surface area (Å²) in [7, 11) is 0. The molecule has 0 fully saturated rings. The van der Waals surface area contributed by atoms with E-state index >= 15 is 0 Å². The zero-order valence-corrected chi connectivity index (χ0v) is 11.5. The van der Waals surface area contributed by atoms with Crippen molar-refractivity contribution in [3.8, 4) is 5.69 Å². The lowest BCUT2D eigenvalue weighted by Crippen LogP contribution is -1.92. The zero-order chi connectivity index (χ0) is 13.9. The van der Waals surface area contributed by atoms with Gasteiger partial charge in [0.05, 0.1) is 5.52 Å². The van der Waals surface area contributed by atoms with Crippen LogP contribution in [0.5, 0.6) is 0 Å². The van der Waals surface area contributed by atoms with Gasteiger partial charge in [0.25, 0.3) is 0 Å². The standard InChI is InChI=1S/C18H16N2/c1-3-15-16-12-8-9-13-17(16)20(18(15)19-4-2)14-10-6-5-7-11-14/h3-13H,1H2,2H3. The number of aliphatic imine (C=N–C) groups is 1. The number of nitrogens with zero attached hydrogens (tertiary/aromatic N) is 2. The molecule has 0 atom stereocenters. The average molecular weight is 260 g/mol. The summed E-state index contributed by atoms with van der Waals surface area (Å²) in [6.07, 6.45) is 3.70. The lowest BCUT2D eigenvalue weighted by molar-refractivity contribution is 1.11. The van der Waals surface area contributed by atoms with E-state index in [4.69, 9.17) is 0 Å². The van der Waals surface area contributed by atoms with E-state index < -0.39 is 0 Å². The van der Waals surface area contributed by atoms with E-state index in [9.17, 15) is 0 Å². The first-order chi connectivity index (χ1) is 9.86. The van der Waals surface area contributed by atoms with Crippen LogP contribution in [0.4, 0.5) is 5.82 Å². The van der Waals surface area contributed by atoms with Crippen LogP contribution in [0.2, 0.25) is 0 Å². The first-order valence-corrected chi connectivity index (χ1v) is 6.66. The molecular weight excluding hydrogens is 244 g/mol. The highest BCUT2D eigenvalue weighted by atomic mass is 15.1. The Hall–Kier alpha value is -2.61. The molecule has 3 rings (SSSR count). The quantitative estimate of drug-likeness (QED) is 0.590. The number of para-hydroxylation sites is 2. The third-order valence-electron chi connectivity index (χ3n) is 3.36. The smallest absolute Gasteiger partial charge is 0.145 e. The number of hydrogen-bond acceptors (Lipinski definition) is 1. The van der Waals surface area contributed by atoms with E-state index in [1.807, 2.05) is 49.5 Å². The molecule has 0 spiro atoms. The number of fused-ring (bicyclic) bond motifs is 1. The Kier molecular flexibility index (Phi) is 3.21. The number of benzene rings is 2. The molecule has 0 N–H and O–H groups in total. The Labute approximate surface area is 118 Å². The highest BCUT2D eigenvalue weighted by Crippen LogP contribution is 2.35. The van der Waals surface area contributed by atoms with Crippen LogP contribution in [-0.2, 0) is 0 Å². The van der Waals surface area contributed by atoms with Crippen molar-refractivity contribution in [3.05, 3.63) is 66.7 Å². The second-order valence-electron chi connectivity index (χ2n) is 4.52. The van der Waals surface area contributed by atoms with Gasteiger partial charge in [0.15, 0.2) is 0 Å². The topological polar surface area (TPSA) is 17.3 Å². The molecule has 0 bridgehead atoms. The van der Waals surface area contributed by atoms with Crippen LogP contribution in [-0.4, -0.2) is 10.8 Å². The van der Waals surface area contributed by atoms with Gasteiger partial charge >= 0.3 is 0 Å². The number of hydrogen-bond donors (Lipinski definition) is 0. The van der Waals surface area contributed by atoms with Crippen LogP contribution >= 0.6 is 0 Å². The largest absolute Gasteiger partial charge is 0.294 e. The lowest BCUT2D eigenvalue weighted by Gasteiger charge is -2.08. The molecule has 0 saturated heterocycles. The highest BCUT2D eigenvalue weighted by molar-refractivity contribution is 5.97. The molecule has 2 heteroatoms. The van der Waals surface area contributed by atoms with Crippen molar-refractivity contribution in [1.82, 2.24) is 4.57 Å². The molecule has 1 heterocycles. The van der Waals surface area contributed by atoms with Gasteiger partial charge in [-0.1, -0.05) is 49.1 Å². The first-order valence-electron chi connectivity index (χ1n) is 6.66. The molecule has 2 aromatic carbocycles. The maximum absolute atomic E-state index is 4.56. The average Bonchev–Trinajstić information content (AvgIpc) is 2.82. The third-order valence-corrected chi connectivity index (χ3v) is 3.36. The predicted molar refractivity (Wildman–Crippen MR) is 87.2 cm³/mol. The van der Waals surface area contributed by atoms with Gasteiger partial charge < -0.3 is 0 Å².